The van der Waals surface area contributed by atoms with Gasteiger partial charge in [-0.1, -0.05) is 12.1 Å². The van der Waals surface area contributed by atoms with Crippen molar-refractivity contribution in [1.82, 2.24) is 0 Å². The lowest BCUT2D eigenvalue weighted by atomic mass is 10.2. The first-order valence-electron chi connectivity index (χ1n) is 7.45. The molecule has 5 heteroatoms. The highest BCUT2D eigenvalue weighted by molar-refractivity contribution is 6.02. The standard InChI is InChI=1S/C17H18N2O3/c20-16(10-9-13-5-4-12-22-13)18-14-6-1-2-7-15(14)19-11-3-8-17(19)21/h1-2,4-7,12H,3,8-11H2,(H,18,20). The molecule has 1 aromatic heterocycles. The van der Waals surface area contributed by atoms with Gasteiger partial charge in [-0.05, 0) is 30.7 Å². The van der Waals surface area contributed by atoms with Crippen molar-refractivity contribution in [3.05, 3.63) is 48.4 Å². The molecule has 1 aromatic carbocycles. The van der Waals surface area contributed by atoms with Gasteiger partial charge in [0.25, 0.3) is 0 Å². The zero-order valence-corrected chi connectivity index (χ0v) is 12.2. The Kier molecular flexibility index (Phi) is 4.23. The number of para-hydroxylation sites is 2. The van der Waals surface area contributed by atoms with Crippen LogP contribution in [-0.4, -0.2) is 18.4 Å². The number of benzene rings is 1. The van der Waals surface area contributed by atoms with Gasteiger partial charge in [0.15, 0.2) is 0 Å². The van der Waals surface area contributed by atoms with Gasteiger partial charge in [0.2, 0.25) is 11.8 Å². The van der Waals surface area contributed by atoms with E-state index in [1.807, 2.05) is 36.4 Å². The molecule has 0 radical (unpaired) electrons. The van der Waals surface area contributed by atoms with E-state index in [4.69, 9.17) is 4.42 Å². The van der Waals surface area contributed by atoms with Crippen LogP contribution in [0.15, 0.2) is 47.1 Å². The van der Waals surface area contributed by atoms with Crippen LogP contribution in [-0.2, 0) is 16.0 Å². The van der Waals surface area contributed by atoms with Crippen molar-refractivity contribution in [2.75, 3.05) is 16.8 Å². The Morgan fingerprint density at radius 1 is 1.23 bits per heavy atom. The number of aryl methyl sites for hydroxylation is 1. The van der Waals surface area contributed by atoms with E-state index in [0.717, 1.165) is 17.9 Å². The lowest BCUT2D eigenvalue weighted by Crippen LogP contribution is -2.25. The van der Waals surface area contributed by atoms with Gasteiger partial charge >= 0.3 is 0 Å². The van der Waals surface area contributed by atoms with Crippen molar-refractivity contribution in [1.29, 1.82) is 0 Å². The summed E-state index contributed by atoms with van der Waals surface area (Å²) >= 11 is 0. The minimum Gasteiger partial charge on any atom is -0.469 e. The summed E-state index contributed by atoms with van der Waals surface area (Å²) in [5.74, 6) is 0.811. The molecule has 0 atom stereocenters. The molecule has 0 spiro atoms. The fourth-order valence-electron chi connectivity index (χ4n) is 2.62. The van der Waals surface area contributed by atoms with Crippen LogP contribution in [0.5, 0.6) is 0 Å². The number of hydrogen-bond acceptors (Lipinski definition) is 3. The Balaban J connectivity index is 1.67. The number of hydrogen-bond donors (Lipinski definition) is 1. The Bertz CT molecular complexity index is 664. The van der Waals surface area contributed by atoms with Crippen LogP contribution in [0.4, 0.5) is 11.4 Å². The first-order chi connectivity index (χ1) is 10.7. The third-order valence-electron chi connectivity index (χ3n) is 3.72. The Labute approximate surface area is 128 Å². The average molecular weight is 298 g/mol. The number of amides is 2. The second kappa shape index (κ2) is 6.47. The third-order valence-corrected chi connectivity index (χ3v) is 3.72. The van der Waals surface area contributed by atoms with Crippen LogP contribution in [0.1, 0.15) is 25.0 Å². The molecule has 0 bridgehead atoms. The SMILES string of the molecule is O=C(CCc1ccco1)Nc1ccccc1N1CCCC1=O. The summed E-state index contributed by atoms with van der Waals surface area (Å²) in [7, 11) is 0. The smallest absolute Gasteiger partial charge is 0.227 e. The van der Waals surface area contributed by atoms with E-state index in [2.05, 4.69) is 5.32 Å². The van der Waals surface area contributed by atoms with Crippen molar-refractivity contribution in [3.63, 3.8) is 0 Å². The van der Waals surface area contributed by atoms with Crippen molar-refractivity contribution in [2.24, 2.45) is 0 Å². The Morgan fingerprint density at radius 2 is 2.09 bits per heavy atom. The van der Waals surface area contributed by atoms with Gasteiger partial charge in [0, 0.05) is 25.8 Å². The molecule has 114 valence electrons. The fraction of sp³-hybridized carbons (Fsp3) is 0.294. The number of furan rings is 1. The van der Waals surface area contributed by atoms with Crippen LogP contribution in [0, 0.1) is 0 Å². The quantitative estimate of drug-likeness (QED) is 0.923. The van der Waals surface area contributed by atoms with E-state index >= 15 is 0 Å². The molecular weight excluding hydrogens is 280 g/mol. The Hall–Kier alpha value is -2.56. The molecule has 1 saturated heterocycles. The molecule has 1 N–H and O–H groups in total. The third kappa shape index (κ3) is 3.19. The predicted molar refractivity (Wildman–Crippen MR) is 83.7 cm³/mol. The zero-order chi connectivity index (χ0) is 15.4. The molecule has 2 aromatic rings. The molecule has 0 saturated carbocycles. The van der Waals surface area contributed by atoms with Gasteiger partial charge in [-0.2, -0.15) is 0 Å². The van der Waals surface area contributed by atoms with E-state index in [1.54, 1.807) is 11.2 Å². The van der Waals surface area contributed by atoms with Gasteiger partial charge in [-0.3, -0.25) is 9.59 Å². The van der Waals surface area contributed by atoms with E-state index in [0.29, 0.717) is 31.5 Å². The van der Waals surface area contributed by atoms with Crippen LogP contribution in [0.3, 0.4) is 0 Å². The molecule has 1 aliphatic heterocycles. The maximum Gasteiger partial charge on any atom is 0.227 e. The normalized spacial score (nSPS) is 14.4. The number of nitrogens with zero attached hydrogens (tertiary/aromatic N) is 1. The molecule has 1 fully saturated rings. The molecule has 3 rings (SSSR count). The molecule has 0 aliphatic carbocycles. The largest absolute Gasteiger partial charge is 0.469 e. The van der Waals surface area contributed by atoms with Gasteiger partial charge < -0.3 is 14.6 Å². The summed E-state index contributed by atoms with van der Waals surface area (Å²) in [6.45, 7) is 0.706. The van der Waals surface area contributed by atoms with Crippen molar-refractivity contribution in [2.45, 2.75) is 25.7 Å². The van der Waals surface area contributed by atoms with Crippen molar-refractivity contribution >= 4 is 23.2 Å². The van der Waals surface area contributed by atoms with E-state index in [-0.39, 0.29) is 11.8 Å². The second-order valence-corrected chi connectivity index (χ2v) is 5.29. The molecule has 2 heterocycles. The molecular formula is C17H18N2O3. The van der Waals surface area contributed by atoms with Crippen LogP contribution in [0.25, 0.3) is 0 Å². The summed E-state index contributed by atoms with van der Waals surface area (Å²) in [6.07, 6.45) is 3.93. The fourth-order valence-corrected chi connectivity index (χ4v) is 2.62. The first kappa shape index (κ1) is 14.4. The predicted octanol–water partition coefficient (Wildman–Crippen LogP) is 2.98. The molecule has 2 amide bonds. The van der Waals surface area contributed by atoms with E-state index in [1.165, 1.54) is 0 Å². The highest BCUT2D eigenvalue weighted by atomic mass is 16.3. The van der Waals surface area contributed by atoms with Gasteiger partial charge in [-0.25, -0.2) is 0 Å². The van der Waals surface area contributed by atoms with Gasteiger partial charge in [0.1, 0.15) is 5.76 Å². The molecule has 0 unspecified atom stereocenters. The number of anilines is 2. The number of carbonyl (C=O) groups excluding carboxylic acids is 2. The monoisotopic (exact) mass is 298 g/mol. The topological polar surface area (TPSA) is 62.6 Å². The first-order valence-corrected chi connectivity index (χ1v) is 7.45. The highest BCUT2D eigenvalue weighted by Crippen LogP contribution is 2.29. The molecule has 22 heavy (non-hydrogen) atoms. The Morgan fingerprint density at radius 3 is 2.82 bits per heavy atom. The van der Waals surface area contributed by atoms with E-state index < -0.39 is 0 Å². The molecule has 5 nitrogen and oxygen atoms in total. The lowest BCUT2D eigenvalue weighted by Gasteiger charge is -2.19. The molecule has 1 aliphatic rings. The summed E-state index contributed by atoms with van der Waals surface area (Å²) in [5.41, 5.74) is 1.46. The highest BCUT2D eigenvalue weighted by Gasteiger charge is 2.24. The maximum absolute atomic E-state index is 12.1. The minimum atomic E-state index is -0.0875. The van der Waals surface area contributed by atoms with E-state index in [9.17, 15) is 9.59 Å². The van der Waals surface area contributed by atoms with Gasteiger partial charge in [0.05, 0.1) is 17.6 Å². The number of rotatable bonds is 5. The lowest BCUT2D eigenvalue weighted by molar-refractivity contribution is -0.117. The average Bonchev–Trinajstić information content (AvgIpc) is 3.17. The van der Waals surface area contributed by atoms with Crippen LogP contribution in [0.2, 0.25) is 0 Å². The minimum absolute atomic E-state index is 0.0875. The van der Waals surface area contributed by atoms with Crippen LogP contribution >= 0.6 is 0 Å². The van der Waals surface area contributed by atoms with Crippen molar-refractivity contribution in [3.8, 4) is 0 Å². The second-order valence-electron chi connectivity index (χ2n) is 5.29. The zero-order valence-electron chi connectivity index (χ0n) is 12.2. The summed E-state index contributed by atoms with van der Waals surface area (Å²) in [4.78, 5) is 25.7. The summed E-state index contributed by atoms with van der Waals surface area (Å²) in [6, 6.07) is 11.1. The number of nitrogens with one attached hydrogen (secondary N) is 1. The number of carbonyl (C=O) groups is 2. The summed E-state index contributed by atoms with van der Waals surface area (Å²) < 4.78 is 5.22. The van der Waals surface area contributed by atoms with Crippen LogP contribution < -0.4 is 10.2 Å². The van der Waals surface area contributed by atoms with Gasteiger partial charge in [-0.15, -0.1) is 0 Å². The summed E-state index contributed by atoms with van der Waals surface area (Å²) in [5, 5.41) is 2.90. The maximum atomic E-state index is 12.1. The van der Waals surface area contributed by atoms with Crippen molar-refractivity contribution < 1.29 is 14.0 Å².